The molecule has 1 atom stereocenters. The number of nitrogens with zero attached hydrogens (tertiary/aromatic N) is 1. The second-order valence-corrected chi connectivity index (χ2v) is 5.34. The van der Waals surface area contributed by atoms with E-state index < -0.39 is 17.7 Å². The largest absolute Gasteiger partial charge is 0.337 e. The van der Waals surface area contributed by atoms with Crippen molar-refractivity contribution in [1.82, 2.24) is 4.90 Å². The van der Waals surface area contributed by atoms with E-state index in [9.17, 15) is 13.6 Å². The van der Waals surface area contributed by atoms with Gasteiger partial charge < -0.3 is 10.6 Å². The summed E-state index contributed by atoms with van der Waals surface area (Å²) in [7, 11) is 0. The van der Waals surface area contributed by atoms with E-state index >= 15 is 0 Å². The summed E-state index contributed by atoms with van der Waals surface area (Å²) in [6.45, 7) is 6.54. The molecular weight excluding hydrogens is 262 g/mol. The normalized spacial score (nSPS) is 12.6. The van der Waals surface area contributed by atoms with Gasteiger partial charge in [-0.3, -0.25) is 4.79 Å². The summed E-state index contributed by atoms with van der Waals surface area (Å²) >= 11 is 0. The van der Waals surface area contributed by atoms with Crippen LogP contribution in [0.3, 0.4) is 0 Å². The van der Waals surface area contributed by atoms with E-state index in [4.69, 9.17) is 5.73 Å². The van der Waals surface area contributed by atoms with Gasteiger partial charge in [0.1, 0.15) is 0 Å². The molecule has 112 valence electrons. The average molecular weight is 284 g/mol. The Bertz CT molecular complexity index is 463. The molecule has 5 heteroatoms. The maximum absolute atomic E-state index is 13.2. The number of amides is 1. The highest BCUT2D eigenvalue weighted by Gasteiger charge is 2.21. The van der Waals surface area contributed by atoms with Crippen LogP contribution in [0.25, 0.3) is 0 Å². The van der Waals surface area contributed by atoms with E-state index in [1.165, 1.54) is 6.07 Å². The van der Waals surface area contributed by atoms with Gasteiger partial charge in [-0.1, -0.05) is 19.9 Å². The van der Waals surface area contributed by atoms with E-state index in [0.29, 0.717) is 24.4 Å². The van der Waals surface area contributed by atoms with Crippen molar-refractivity contribution in [3.8, 4) is 0 Å². The van der Waals surface area contributed by atoms with Crippen molar-refractivity contribution in [3.63, 3.8) is 0 Å². The quantitative estimate of drug-likeness (QED) is 0.873. The summed E-state index contributed by atoms with van der Waals surface area (Å²) in [4.78, 5) is 13.8. The lowest BCUT2D eigenvalue weighted by Gasteiger charge is -2.25. The predicted molar refractivity (Wildman–Crippen MR) is 74.9 cm³/mol. The minimum Gasteiger partial charge on any atom is -0.337 e. The number of likely N-dealkylation sites (N-methyl/N-ethyl adjacent to an activating group) is 1. The number of nitrogens with two attached hydrogens (primary N) is 1. The van der Waals surface area contributed by atoms with Gasteiger partial charge in [0.15, 0.2) is 11.6 Å². The molecule has 0 fully saturated rings. The zero-order valence-electron chi connectivity index (χ0n) is 12.2. The molecule has 0 radical (unpaired) electrons. The molecule has 0 aliphatic rings. The molecule has 1 rings (SSSR count). The fourth-order valence-electron chi connectivity index (χ4n) is 2.05. The molecule has 20 heavy (non-hydrogen) atoms. The summed E-state index contributed by atoms with van der Waals surface area (Å²) in [6, 6.07) is 3.10. The third kappa shape index (κ3) is 4.56. The van der Waals surface area contributed by atoms with E-state index in [-0.39, 0.29) is 12.5 Å². The second-order valence-electron chi connectivity index (χ2n) is 5.34. The Morgan fingerprint density at radius 3 is 2.45 bits per heavy atom. The molecule has 1 aromatic carbocycles. The van der Waals surface area contributed by atoms with Crippen LogP contribution in [0.15, 0.2) is 18.2 Å². The Morgan fingerprint density at radius 2 is 1.95 bits per heavy atom. The number of hydrogen-bond acceptors (Lipinski definition) is 2. The minimum atomic E-state index is -0.905. The standard InChI is InChI=1S/C15H22F2N2O/c1-4-19(15(20)14(18)7-10(2)3)9-11-5-6-12(16)13(17)8-11/h5-6,8,10,14H,4,7,9,18H2,1-3H3. The van der Waals surface area contributed by atoms with E-state index in [1.54, 1.807) is 4.90 Å². The van der Waals surface area contributed by atoms with Crippen LogP contribution in [0.1, 0.15) is 32.8 Å². The first-order valence-electron chi connectivity index (χ1n) is 6.83. The van der Waals surface area contributed by atoms with Crippen molar-refractivity contribution >= 4 is 5.91 Å². The van der Waals surface area contributed by atoms with Gasteiger partial charge in [-0.25, -0.2) is 8.78 Å². The highest BCUT2D eigenvalue weighted by atomic mass is 19.2. The van der Waals surface area contributed by atoms with Crippen molar-refractivity contribution in [3.05, 3.63) is 35.4 Å². The van der Waals surface area contributed by atoms with Gasteiger partial charge in [0.2, 0.25) is 5.91 Å². The van der Waals surface area contributed by atoms with Crippen molar-refractivity contribution in [2.75, 3.05) is 6.54 Å². The molecule has 1 amide bonds. The molecule has 1 unspecified atom stereocenters. The molecule has 0 saturated heterocycles. The first-order valence-corrected chi connectivity index (χ1v) is 6.83. The van der Waals surface area contributed by atoms with Crippen LogP contribution in [-0.4, -0.2) is 23.4 Å². The van der Waals surface area contributed by atoms with Crippen LogP contribution in [-0.2, 0) is 11.3 Å². The molecule has 0 bridgehead atoms. The monoisotopic (exact) mass is 284 g/mol. The summed E-state index contributed by atoms with van der Waals surface area (Å²) in [5.74, 6) is -1.63. The Kier molecular flexibility index (Phi) is 6.07. The minimum absolute atomic E-state index is 0.161. The van der Waals surface area contributed by atoms with Crippen LogP contribution in [0, 0.1) is 17.6 Å². The van der Waals surface area contributed by atoms with E-state index in [2.05, 4.69) is 0 Å². The summed E-state index contributed by atoms with van der Waals surface area (Å²) in [6.07, 6.45) is 0.604. The van der Waals surface area contributed by atoms with Crippen LogP contribution in [0.4, 0.5) is 8.78 Å². The lowest BCUT2D eigenvalue weighted by molar-refractivity contribution is -0.133. The molecule has 0 aromatic heterocycles. The van der Waals surface area contributed by atoms with Crippen molar-refractivity contribution < 1.29 is 13.6 Å². The average Bonchev–Trinajstić information content (AvgIpc) is 2.38. The Hall–Kier alpha value is -1.49. The Labute approximate surface area is 118 Å². The van der Waals surface area contributed by atoms with Crippen LogP contribution in [0.2, 0.25) is 0 Å². The molecule has 0 aliphatic heterocycles. The topological polar surface area (TPSA) is 46.3 Å². The summed E-state index contributed by atoms with van der Waals surface area (Å²) < 4.78 is 26.0. The first-order chi connectivity index (χ1) is 9.35. The van der Waals surface area contributed by atoms with Gasteiger partial charge in [0.25, 0.3) is 0 Å². The maximum atomic E-state index is 13.2. The lowest BCUT2D eigenvalue weighted by Crippen LogP contribution is -2.44. The Morgan fingerprint density at radius 1 is 1.30 bits per heavy atom. The second kappa shape index (κ2) is 7.33. The fourth-order valence-corrected chi connectivity index (χ4v) is 2.05. The van der Waals surface area contributed by atoms with E-state index in [1.807, 2.05) is 20.8 Å². The first kappa shape index (κ1) is 16.6. The number of carbonyl (C=O) groups excluding carboxylic acids is 1. The number of carbonyl (C=O) groups is 1. The SMILES string of the molecule is CCN(Cc1ccc(F)c(F)c1)C(=O)C(N)CC(C)C. The smallest absolute Gasteiger partial charge is 0.239 e. The van der Waals surface area contributed by atoms with Crippen molar-refractivity contribution in [2.24, 2.45) is 11.7 Å². The predicted octanol–water partition coefficient (Wildman–Crippen LogP) is 2.69. The number of rotatable bonds is 6. The number of benzene rings is 1. The summed E-state index contributed by atoms with van der Waals surface area (Å²) in [5, 5.41) is 0. The van der Waals surface area contributed by atoms with Crippen LogP contribution in [0.5, 0.6) is 0 Å². The van der Waals surface area contributed by atoms with Crippen molar-refractivity contribution in [2.45, 2.75) is 39.8 Å². The van der Waals surface area contributed by atoms with Gasteiger partial charge in [0, 0.05) is 13.1 Å². The van der Waals surface area contributed by atoms with Gasteiger partial charge in [-0.15, -0.1) is 0 Å². The van der Waals surface area contributed by atoms with E-state index in [0.717, 1.165) is 12.1 Å². The Balaban J connectivity index is 2.75. The maximum Gasteiger partial charge on any atom is 0.239 e. The zero-order chi connectivity index (χ0) is 15.3. The van der Waals surface area contributed by atoms with Gasteiger partial charge >= 0.3 is 0 Å². The molecule has 0 aliphatic carbocycles. The highest BCUT2D eigenvalue weighted by molar-refractivity contribution is 5.81. The fraction of sp³-hybridized carbons (Fsp3) is 0.533. The third-order valence-electron chi connectivity index (χ3n) is 3.09. The third-order valence-corrected chi connectivity index (χ3v) is 3.09. The molecule has 1 aromatic rings. The van der Waals surface area contributed by atoms with Gasteiger partial charge in [-0.2, -0.15) is 0 Å². The van der Waals surface area contributed by atoms with Gasteiger partial charge in [0.05, 0.1) is 6.04 Å². The molecule has 0 heterocycles. The number of halogens is 2. The van der Waals surface area contributed by atoms with Crippen LogP contribution >= 0.6 is 0 Å². The summed E-state index contributed by atoms with van der Waals surface area (Å²) in [5.41, 5.74) is 6.43. The molecular formula is C15H22F2N2O. The van der Waals surface area contributed by atoms with Crippen molar-refractivity contribution in [1.29, 1.82) is 0 Å². The molecule has 0 spiro atoms. The number of hydrogen-bond donors (Lipinski definition) is 1. The molecule has 3 nitrogen and oxygen atoms in total. The zero-order valence-corrected chi connectivity index (χ0v) is 12.2. The lowest BCUT2D eigenvalue weighted by atomic mass is 10.0. The highest BCUT2D eigenvalue weighted by Crippen LogP contribution is 2.13. The molecule has 0 saturated carbocycles. The molecule has 2 N–H and O–H groups in total. The van der Waals surface area contributed by atoms with Gasteiger partial charge in [-0.05, 0) is 37.0 Å². The van der Waals surface area contributed by atoms with Crippen LogP contribution < -0.4 is 5.73 Å².